The summed E-state index contributed by atoms with van der Waals surface area (Å²) < 4.78 is 5.49. The zero-order chi connectivity index (χ0) is 16.4. The van der Waals surface area contributed by atoms with Gasteiger partial charge in [-0.2, -0.15) is 0 Å². The Bertz CT molecular complexity index is 588. The molecule has 2 N–H and O–H groups in total. The average molecular weight is 316 g/mol. The highest BCUT2D eigenvalue weighted by atomic mass is 16.5. The van der Waals surface area contributed by atoms with Gasteiger partial charge >= 0.3 is 0 Å². The summed E-state index contributed by atoms with van der Waals surface area (Å²) in [6, 6.07) is 5.95. The van der Waals surface area contributed by atoms with E-state index < -0.39 is 0 Å². The van der Waals surface area contributed by atoms with Crippen molar-refractivity contribution >= 4 is 17.5 Å². The third-order valence-corrected chi connectivity index (χ3v) is 4.48. The van der Waals surface area contributed by atoms with Gasteiger partial charge in [-0.1, -0.05) is 6.07 Å². The van der Waals surface area contributed by atoms with Crippen molar-refractivity contribution in [2.45, 2.75) is 39.2 Å². The van der Waals surface area contributed by atoms with Crippen molar-refractivity contribution in [3.63, 3.8) is 0 Å². The van der Waals surface area contributed by atoms with Gasteiger partial charge in [0.2, 0.25) is 11.8 Å². The summed E-state index contributed by atoms with van der Waals surface area (Å²) in [7, 11) is 0. The lowest BCUT2D eigenvalue weighted by Crippen LogP contribution is -2.33. The third kappa shape index (κ3) is 4.10. The lowest BCUT2D eigenvalue weighted by Gasteiger charge is -2.11. The molecule has 1 aromatic rings. The van der Waals surface area contributed by atoms with Gasteiger partial charge in [0.1, 0.15) is 0 Å². The molecule has 3 rings (SSSR count). The lowest BCUT2D eigenvalue weighted by molar-refractivity contribution is -0.125. The molecular formula is C18H24N2O3. The average Bonchev–Trinajstić information content (AvgIpc) is 3.12. The summed E-state index contributed by atoms with van der Waals surface area (Å²) in [4.78, 5) is 24.3. The number of hydrogen-bond acceptors (Lipinski definition) is 3. The van der Waals surface area contributed by atoms with Crippen LogP contribution in [0.2, 0.25) is 0 Å². The molecule has 1 heterocycles. The smallest absolute Gasteiger partial charge is 0.228 e. The highest BCUT2D eigenvalue weighted by Gasteiger charge is 2.48. The number of rotatable bonds is 5. The van der Waals surface area contributed by atoms with Crippen LogP contribution in [0, 0.1) is 25.7 Å². The molecule has 3 unspecified atom stereocenters. The van der Waals surface area contributed by atoms with Crippen molar-refractivity contribution in [1.29, 1.82) is 0 Å². The molecule has 2 amide bonds. The predicted octanol–water partition coefficient (Wildman–Crippen LogP) is 2.17. The van der Waals surface area contributed by atoms with Gasteiger partial charge in [0.15, 0.2) is 0 Å². The molecule has 0 aromatic heterocycles. The Morgan fingerprint density at radius 1 is 1.13 bits per heavy atom. The SMILES string of the molecule is Cc1cc(C)cc(NC(=O)C2CC2C(=O)NCC2CCCO2)c1. The molecule has 0 bridgehead atoms. The van der Waals surface area contributed by atoms with Crippen LogP contribution in [0.15, 0.2) is 18.2 Å². The van der Waals surface area contributed by atoms with Gasteiger partial charge in [0, 0.05) is 18.8 Å². The van der Waals surface area contributed by atoms with E-state index in [1.165, 1.54) is 0 Å². The van der Waals surface area contributed by atoms with Gasteiger partial charge in [-0.25, -0.2) is 0 Å². The van der Waals surface area contributed by atoms with Crippen molar-refractivity contribution < 1.29 is 14.3 Å². The molecule has 5 heteroatoms. The minimum Gasteiger partial charge on any atom is -0.376 e. The van der Waals surface area contributed by atoms with E-state index in [4.69, 9.17) is 4.74 Å². The van der Waals surface area contributed by atoms with E-state index in [-0.39, 0.29) is 29.8 Å². The van der Waals surface area contributed by atoms with Crippen molar-refractivity contribution in [3.8, 4) is 0 Å². The Labute approximate surface area is 136 Å². The maximum Gasteiger partial charge on any atom is 0.228 e. The highest BCUT2D eigenvalue weighted by Crippen LogP contribution is 2.39. The van der Waals surface area contributed by atoms with Gasteiger partial charge in [-0.05, 0) is 56.4 Å². The standard InChI is InChI=1S/C18H24N2O3/c1-11-6-12(2)8-13(7-11)20-18(22)16-9-15(16)17(21)19-10-14-4-3-5-23-14/h6-8,14-16H,3-5,9-10H2,1-2H3,(H,19,21)(H,20,22). The fraction of sp³-hybridized carbons (Fsp3) is 0.556. The maximum absolute atomic E-state index is 12.3. The highest BCUT2D eigenvalue weighted by molar-refractivity contribution is 5.99. The number of anilines is 1. The Morgan fingerprint density at radius 3 is 2.48 bits per heavy atom. The molecule has 2 fully saturated rings. The second kappa shape index (κ2) is 6.71. The number of aryl methyl sites for hydroxylation is 2. The largest absolute Gasteiger partial charge is 0.376 e. The van der Waals surface area contributed by atoms with Crippen LogP contribution in [0.25, 0.3) is 0 Å². The van der Waals surface area contributed by atoms with Gasteiger partial charge in [-0.3, -0.25) is 9.59 Å². The quantitative estimate of drug-likeness (QED) is 0.875. The van der Waals surface area contributed by atoms with Crippen molar-refractivity contribution in [3.05, 3.63) is 29.3 Å². The van der Waals surface area contributed by atoms with E-state index in [1.54, 1.807) is 0 Å². The van der Waals surface area contributed by atoms with E-state index in [0.717, 1.165) is 36.3 Å². The molecule has 1 aromatic carbocycles. The summed E-state index contributed by atoms with van der Waals surface area (Å²) in [6.07, 6.45) is 2.83. The summed E-state index contributed by atoms with van der Waals surface area (Å²) in [5.74, 6) is -0.490. The molecule has 1 aliphatic heterocycles. The first-order chi connectivity index (χ1) is 11.0. The second-order valence-corrected chi connectivity index (χ2v) is 6.69. The van der Waals surface area contributed by atoms with Crippen LogP contribution in [0.5, 0.6) is 0 Å². The van der Waals surface area contributed by atoms with Crippen LogP contribution in [0.3, 0.4) is 0 Å². The molecule has 23 heavy (non-hydrogen) atoms. The normalized spacial score (nSPS) is 25.9. The summed E-state index contributed by atoms with van der Waals surface area (Å²) in [5, 5.41) is 5.83. The fourth-order valence-corrected chi connectivity index (χ4v) is 3.21. The van der Waals surface area contributed by atoms with Crippen LogP contribution >= 0.6 is 0 Å². The van der Waals surface area contributed by atoms with E-state index in [0.29, 0.717) is 13.0 Å². The summed E-state index contributed by atoms with van der Waals surface area (Å²) in [6.45, 7) is 5.34. The van der Waals surface area contributed by atoms with Crippen LogP contribution in [0.4, 0.5) is 5.69 Å². The van der Waals surface area contributed by atoms with Gasteiger partial charge < -0.3 is 15.4 Å². The van der Waals surface area contributed by atoms with Crippen LogP contribution in [-0.4, -0.2) is 31.1 Å². The number of hydrogen-bond donors (Lipinski definition) is 2. The Hall–Kier alpha value is -1.88. The number of carbonyl (C=O) groups excluding carboxylic acids is 2. The lowest BCUT2D eigenvalue weighted by atomic mass is 10.1. The first-order valence-electron chi connectivity index (χ1n) is 8.31. The molecule has 3 atom stereocenters. The zero-order valence-corrected chi connectivity index (χ0v) is 13.7. The van der Waals surface area contributed by atoms with Crippen LogP contribution in [-0.2, 0) is 14.3 Å². The zero-order valence-electron chi connectivity index (χ0n) is 13.7. The minimum atomic E-state index is -0.208. The molecule has 0 spiro atoms. The molecule has 0 radical (unpaired) electrons. The fourth-order valence-electron chi connectivity index (χ4n) is 3.21. The Balaban J connectivity index is 1.47. The van der Waals surface area contributed by atoms with Crippen LogP contribution < -0.4 is 10.6 Å². The predicted molar refractivity (Wildman–Crippen MR) is 88.1 cm³/mol. The number of nitrogens with one attached hydrogen (secondary N) is 2. The second-order valence-electron chi connectivity index (χ2n) is 6.69. The maximum atomic E-state index is 12.3. The summed E-state index contributed by atoms with van der Waals surface area (Å²) in [5.41, 5.74) is 3.03. The van der Waals surface area contributed by atoms with Crippen molar-refractivity contribution in [2.75, 3.05) is 18.5 Å². The van der Waals surface area contributed by atoms with Gasteiger partial charge in [-0.15, -0.1) is 0 Å². The molecule has 2 aliphatic rings. The topological polar surface area (TPSA) is 67.4 Å². The van der Waals surface area contributed by atoms with Gasteiger partial charge in [0.05, 0.1) is 17.9 Å². The van der Waals surface area contributed by atoms with E-state index >= 15 is 0 Å². The van der Waals surface area contributed by atoms with Crippen molar-refractivity contribution in [2.24, 2.45) is 11.8 Å². The first kappa shape index (κ1) is 16.0. The van der Waals surface area contributed by atoms with Crippen LogP contribution in [0.1, 0.15) is 30.4 Å². The monoisotopic (exact) mass is 316 g/mol. The van der Waals surface area contributed by atoms with E-state index in [9.17, 15) is 9.59 Å². The summed E-state index contributed by atoms with van der Waals surface area (Å²) >= 11 is 0. The molecule has 1 aliphatic carbocycles. The number of carbonyl (C=O) groups is 2. The molecule has 124 valence electrons. The third-order valence-electron chi connectivity index (χ3n) is 4.48. The number of ether oxygens (including phenoxy) is 1. The Kier molecular flexibility index (Phi) is 4.66. The Morgan fingerprint density at radius 2 is 1.83 bits per heavy atom. The van der Waals surface area contributed by atoms with Gasteiger partial charge in [0.25, 0.3) is 0 Å². The molecular weight excluding hydrogens is 292 g/mol. The molecule has 5 nitrogen and oxygen atoms in total. The molecule has 1 saturated carbocycles. The number of benzene rings is 1. The first-order valence-corrected chi connectivity index (χ1v) is 8.31. The molecule has 1 saturated heterocycles. The van der Waals surface area contributed by atoms with E-state index in [1.807, 2.05) is 26.0 Å². The van der Waals surface area contributed by atoms with Crippen molar-refractivity contribution in [1.82, 2.24) is 5.32 Å². The minimum absolute atomic E-state index is 0.0268. The van der Waals surface area contributed by atoms with E-state index in [2.05, 4.69) is 16.7 Å². The number of amides is 2.